The van der Waals surface area contributed by atoms with E-state index in [1.54, 1.807) is 67.0 Å². The van der Waals surface area contributed by atoms with E-state index in [0.717, 1.165) is 31.6 Å². The number of anilines is 2. The number of rotatable bonds is 9. The van der Waals surface area contributed by atoms with Gasteiger partial charge in [-0.15, -0.1) is 0 Å². The summed E-state index contributed by atoms with van der Waals surface area (Å²) in [4.78, 5) is 19.5. The summed E-state index contributed by atoms with van der Waals surface area (Å²) < 4.78 is 33.4. The van der Waals surface area contributed by atoms with E-state index in [9.17, 15) is 13.2 Å². The third-order valence-corrected chi connectivity index (χ3v) is 8.04. The predicted molar refractivity (Wildman–Crippen MR) is 137 cm³/mol. The monoisotopic (exact) mass is 494 g/mol. The standard InChI is InChI=1S/C26H30N4O4S/c1-3-30(4-2)35(32,33)23-13-14-25(29-16-5-6-17-29)24(18-23)28-26(31)20-9-11-21(12-10-20)34-22-8-7-15-27-19-22/h7-15,18-19H,3-6,16-17H2,1-2H3,(H,28,31). The van der Waals surface area contributed by atoms with Crippen molar-refractivity contribution in [2.45, 2.75) is 31.6 Å². The van der Waals surface area contributed by atoms with E-state index in [1.165, 1.54) is 4.31 Å². The minimum atomic E-state index is -3.66. The van der Waals surface area contributed by atoms with Crippen molar-refractivity contribution in [1.82, 2.24) is 9.29 Å². The van der Waals surface area contributed by atoms with Gasteiger partial charge in [-0.2, -0.15) is 4.31 Å². The summed E-state index contributed by atoms with van der Waals surface area (Å²) in [6.07, 6.45) is 5.40. The first kappa shape index (κ1) is 24.7. The number of aromatic nitrogens is 1. The Bertz CT molecular complexity index is 1250. The first-order valence-electron chi connectivity index (χ1n) is 11.8. The number of hydrogen-bond acceptors (Lipinski definition) is 6. The largest absolute Gasteiger partial charge is 0.456 e. The lowest BCUT2D eigenvalue weighted by atomic mass is 10.2. The first-order valence-corrected chi connectivity index (χ1v) is 13.2. The zero-order valence-electron chi connectivity index (χ0n) is 20.0. The van der Waals surface area contributed by atoms with E-state index < -0.39 is 10.0 Å². The number of nitrogens with zero attached hydrogens (tertiary/aromatic N) is 3. The molecule has 1 saturated heterocycles. The van der Waals surface area contributed by atoms with Crippen LogP contribution in [0.25, 0.3) is 0 Å². The third kappa shape index (κ3) is 5.63. The molecular formula is C26H30N4O4S. The normalized spacial score (nSPS) is 13.7. The predicted octanol–water partition coefficient (Wildman–Crippen LogP) is 4.76. The van der Waals surface area contributed by atoms with Crippen LogP contribution in [0.2, 0.25) is 0 Å². The van der Waals surface area contributed by atoms with Crippen LogP contribution in [0.1, 0.15) is 37.0 Å². The lowest BCUT2D eigenvalue weighted by Crippen LogP contribution is -2.31. The Kier molecular flexibility index (Phi) is 7.67. The molecule has 1 aromatic heterocycles. The molecule has 0 atom stereocenters. The van der Waals surface area contributed by atoms with Gasteiger partial charge in [0.1, 0.15) is 11.5 Å². The zero-order chi connectivity index (χ0) is 24.8. The third-order valence-electron chi connectivity index (χ3n) is 5.99. The van der Waals surface area contributed by atoms with Gasteiger partial charge in [0.2, 0.25) is 10.0 Å². The molecule has 1 aliphatic rings. The molecule has 1 amide bonds. The fraction of sp³-hybridized carbons (Fsp3) is 0.308. The van der Waals surface area contributed by atoms with E-state index in [4.69, 9.17) is 4.74 Å². The Hall–Kier alpha value is -3.43. The molecule has 35 heavy (non-hydrogen) atoms. The number of carbonyl (C=O) groups excluding carboxylic acids is 1. The number of benzene rings is 2. The Balaban J connectivity index is 1.59. The maximum Gasteiger partial charge on any atom is 0.255 e. The summed E-state index contributed by atoms with van der Waals surface area (Å²) in [7, 11) is -3.66. The molecule has 3 aromatic rings. The van der Waals surface area contributed by atoms with E-state index in [-0.39, 0.29) is 10.8 Å². The maximum absolute atomic E-state index is 13.1. The highest BCUT2D eigenvalue weighted by Gasteiger charge is 2.25. The van der Waals surface area contributed by atoms with Crippen molar-refractivity contribution in [1.29, 1.82) is 0 Å². The molecule has 1 N–H and O–H groups in total. The topological polar surface area (TPSA) is 91.8 Å². The molecule has 0 spiro atoms. The van der Waals surface area contributed by atoms with Crippen molar-refractivity contribution in [3.63, 3.8) is 0 Å². The van der Waals surface area contributed by atoms with Crippen LogP contribution in [0.3, 0.4) is 0 Å². The molecule has 0 radical (unpaired) electrons. The van der Waals surface area contributed by atoms with Crippen LogP contribution in [0.15, 0.2) is 71.9 Å². The van der Waals surface area contributed by atoms with Crippen molar-refractivity contribution in [2.75, 3.05) is 36.4 Å². The molecule has 0 bridgehead atoms. The second-order valence-corrected chi connectivity index (χ2v) is 10.2. The molecule has 1 aliphatic heterocycles. The van der Waals surface area contributed by atoms with E-state index in [1.807, 2.05) is 13.8 Å². The zero-order valence-corrected chi connectivity index (χ0v) is 20.8. The van der Waals surface area contributed by atoms with Crippen molar-refractivity contribution in [2.24, 2.45) is 0 Å². The smallest absolute Gasteiger partial charge is 0.255 e. The summed E-state index contributed by atoms with van der Waals surface area (Å²) >= 11 is 0. The van der Waals surface area contributed by atoms with Crippen LogP contribution in [-0.4, -0.2) is 49.8 Å². The number of amides is 1. The van der Waals surface area contributed by atoms with Crippen molar-refractivity contribution in [3.8, 4) is 11.5 Å². The SMILES string of the molecule is CCN(CC)S(=O)(=O)c1ccc(N2CCCC2)c(NC(=O)c2ccc(Oc3cccnc3)cc2)c1. The lowest BCUT2D eigenvalue weighted by molar-refractivity contribution is 0.102. The van der Waals surface area contributed by atoms with Crippen LogP contribution in [0.4, 0.5) is 11.4 Å². The van der Waals surface area contributed by atoms with Crippen molar-refractivity contribution >= 4 is 27.3 Å². The van der Waals surface area contributed by atoms with Gasteiger partial charge in [0.15, 0.2) is 0 Å². The highest BCUT2D eigenvalue weighted by Crippen LogP contribution is 2.33. The Morgan fingerprint density at radius 1 is 1.03 bits per heavy atom. The lowest BCUT2D eigenvalue weighted by Gasteiger charge is -2.24. The number of ether oxygens (including phenoxy) is 1. The second-order valence-electron chi connectivity index (χ2n) is 8.23. The van der Waals surface area contributed by atoms with Gasteiger partial charge in [0.05, 0.1) is 22.5 Å². The van der Waals surface area contributed by atoms with Gasteiger partial charge < -0.3 is 15.0 Å². The van der Waals surface area contributed by atoms with Crippen LogP contribution in [-0.2, 0) is 10.0 Å². The minimum absolute atomic E-state index is 0.166. The summed E-state index contributed by atoms with van der Waals surface area (Å²) in [5, 5.41) is 2.95. The quantitative estimate of drug-likeness (QED) is 0.461. The Morgan fingerprint density at radius 2 is 1.74 bits per heavy atom. The van der Waals surface area contributed by atoms with Gasteiger partial charge in [-0.3, -0.25) is 9.78 Å². The summed E-state index contributed by atoms with van der Waals surface area (Å²) in [5.41, 5.74) is 1.75. The molecule has 184 valence electrons. The number of nitrogens with one attached hydrogen (secondary N) is 1. The van der Waals surface area contributed by atoms with Crippen LogP contribution in [0, 0.1) is 0 Å². The molecular weight excluding hydrogens is 464 g/mol. The maximum atomic E-state index is 13.1. The fourth-order valence-electron chi connectivity index (χ4n) is 4.13. The summed E-state index contributed by atoms with van der Waals surface area (Å²) in [6.45, 7) is 6.11. The average molecular weight is 495 g/mol. The van der Waals surface area contributed by atoms with E-state index in [0.29, 0.717) is 35.8 Å². The van der Waals surface area contributed by atoms with Gasteiger partial charge in [0, 0.05) is 37.9 Å². The highest BCUT2D eigenvalue weighted by molar-refractivity contribution is 7.89. The fourth-order valence-corrected chi connectivity index (χ4v) is 5.62. The molecule has 8 nitrogen and oxygen atoms in total. The van der Waals surface area contributed by atoms with Crippen LogP contribution >= 0.6 is 0 Å². The molecule has 2 aromatic carbocycles. The average Bonchev–Trinajstić information content (AvgIpc) is 3.40. The summed E-state index contributed by atoms with van der Waals surface area (Å²) in [5.74, 6) is 0.863. The Labute approximate surface area is 206 Å². The van der Waals surface area contributed by atoms with Crippen LogP contribution < -0.4 is 15.0 Å². The molecule has 0 saturated carbocycles. The van der Waals surface area contributed by atoms with Crippen molar-refractivity contribution < 1.29 is 17.9 Å². The van der Waals surface area contributed by atoms with E-state index >= 15 is 0 Å². The number of hydrogen-bond donors (Lipinski definition) is 1. The van der Waals surface area contributed by atoms with Gasteiger partial charge in [-0.25, -0.2) is 8.42 Å². The van der Waals surface area contributed by atoms with Gasteiger partial charge in [-0.05, 0) is 67.4 Å². The molecule has 0 unspecified atom stereocenters. The van der Waals surface area contributed by atoms with Gasteiger partial charge >= 0.3 is 0 Å². The number of carbonyl (C=O) groups is 1. The molecule has 9 heteroatoms. The van der Waals surface area contributed by atoms with Crippen molar-refractivity contribution in [3.05, 3.63) is 72.6 Å². The first-order chi connectivity index (χ1) is 16.9. The molecule has 4 rings (SSSR count). The summed E-state index contributed by atoms with van der Waals surface area (Å²) in [6, 6.07) is 15.3. The molecule has 2 heterocycles. The van der Waals surface area contributed by atoms with Gasteiger partial charge in [-0.1, -0.05) is 13.8 Å². The van der Waals surface area contributed by atoms with Gasteiger partial charge in [0.25, 0.3) is 5.91 Å². The van der Waals surface area contributed by atoms with Crippen LogP contribution in [0.5, 0.6) is 11.5 Å². The molecule has 0 aliphatic carbocycles. The number of pyridine rings is 1. The number of sulfonamides is 1. The minimum Gasteiger partial charge on any atom is -0.456 e. The molecule has 1 fully saturated rings. The Morgan fingerprint density at radius 3 is 2.37 bits per heavy atom. The second kappa shape index (κ2) is 10.9. The highest BCUT2D eigenvalue weighted by atomic mass is 32.2. The van der Waals surface area contributed by atoms with E-state index in [2.05, 4.69) is 15.2 Å².